The molecule has 1 N–H and O–H groups in total. The summed E-state index contributed by atoms with van der Waals surface area (Å²) in [6, 6.07) is 8.69. The molecule has 0 unspecified atom stereocenters. The summed E-state index contributed by atoms with van der Waals surface area (Å²) in [6.45, 7) is 4.19. The number of nitrogens with zero attached hydrogens (tertiary/aromatic N) is 2. The first kappa shape index (κ1) is 16.8. The van der Waals surface area contributed by atoms with E-state index in [2.05, 4.69) is 10.4 Å². The van der Waals surface area contributed by atoms with Gasteiger partial charge in [-0.3, -0.25) is 9.48 Å². The van der Waals surface area contributed by atoms with Crippen molar-refractivity contribution < 1.29 is 18.3 Å². The second-order valence-electron chi connectivity index (χ2n) is 5.63. The van der Waals surface area contributed by atoms with Crippen LogP contribution in [0.2, 0.25) is 0 Å². The number of furan rings is 1. The van der Waals surface area contributed by atoms with Gasteiger partial charge in [-0.25, -0.2) is 4.39 Å². The number of hydrogen-bond acceptors (Lipinski definition) is 4. The van der Waals surface area contributed by atoms with E-state index in [1.54, 1.807) is 10.7 Å². The maximum absolute atomic E-state index is 13.2. The first-order valence-electron chi connectivity index (χ1n) is 7.74. The molecule has 25 heavy (non-hydrogen) atoms. The number of hydrogen-bond donors (Lipinski definition) is 1. The van der Waals surface area contributed by atoms with Crippen molar-refractivity contribution in [1.82, 2.24) is 15.1 Å². The molecule has 7 heteroatoms. The number of nitrogens with one attached hydrogen (secondary N) is 1. The highest BCUT2D eigenvalue weighted by molar-refractivity contribution is 5.91. The molecule has 0 saturated carbocycles. The number of carbonyl (C=O) groups is 1. The predicted molar refractivity (Wildman–Crippen MR) is 89.0 cm³/mol. The molecule has 0 aliphatic heterocycles. The number of ether oxygens (including phenoxy) is 1. The van der Waals surface area contributed by atoms with Crippen molar-refractivity contribution in [3.05, 3.63) is 64.9 Å². The monoisotopic (exact) mass is 343 g/mol. The Bertz CT molecular complexity index is 914. The number of benzene rings is 1. The minimum absolute atomic E-state index is 0.115. The number of amides is 1. The fraction of sp³-hybridized carbons (Fsp3) is 0.222. The summed E-state index contributed by atoms with van der Waals surface area (Å²) in [6.07, 6.45) is 0. The molecule has 6 nitrogen and oxygen atoms in total. The van der Waals surface area contributed by atoms with Crippen LogP contribution in [-0.2, 0) is 13.6 Å². The van der Waals surface area contributed by atoms with Crippen LogP contribution >= 0.6 is 0 Å². The van der Waals surface area contributed by atoms with Crippen LogP contribution in [0.25, 0.3) is 0 Å². The van der Waals surface area contributed by atoms with Gasteiger partial charge in [0, 0.05) is 37.0 Å². The molecular weight excluding hydrogens is 325 g/mol. The Kier molecular flexibility index (Phi) is 4.56. The average molecular weight is 343 g/mol. The van der Waals surface area contributed by atoms with Crippen LogP contribution in [0.3, 0.4) is 0 Å². The van der Waals surface area contributed by atoms with Crippen molar-refractivity contribution in [2.45, 2.75) is 20.4 Å². The SMILES string of the molecule is Cc1nn(C)c(C)c1CNC(=O)c1ccc(Oc2cccc(F)c2)o1. The normalized spacial score (nSPS) is 10.7. The predicted octanol–water partition coefficient (Wildman–Crippen LogP) is 3.49. The highest BCUT2D eigenvalue weighted by atomic mass is 19.1. The molecule has 0 atom stereocenters. The van der Waals surface area contributed by atoms with Gasteiger partial charge in [0.05, 0.1) is 5.69 Å². The smallest absolute Gasteiger partial charge is 0.290 e. The van der Waals surface area contributed by atoms with Gasteiger partial charge >= 0.3 is 0 Å². The summed E-state index contributed by atoms with van der Waals surface area (Å²) in [5.74, 6) is -0.251. The highest BCUT2D eigenvalue weighted by Crippen LogP contribution is 2.24. The lowest BCUT2D eigenvalue weighted by Crippen LogP contribution is -2.22. The van der Waals surface area contributed by atoms with E-state index in [1.807, 2.05) is 20.9 Å². The van der Waals surface area contributed by atoms with Gasteiger partial charge in [0.1, 0.15) is 11.6 Å². The maximum Gasteiger partial charge on any atom is 0.290 e. The number of carbonyl (C=O) groups excluding carboxylic acids is 1. The molecule has 0 aliphatic carbocycles. The van der Waals surface area contributed by atoms with Gasteiger partial charge in [0.25, 0.3) is 11.9 Å². The second-order valence-corrected chi connectivity index (χ2v) is 5.63. The zero-order chi connectivity index (χ0) is 18.0. The van der Waals surface area contributed by atoms with Gasteiger partial charge < -0.3 is 14.5 Å². The number of rotatable bonds is 5. The Labute approximate surface area is 144 Å². The number of aryl methyl sites for hydroxylation is 2. The molecule has 0 radical (unpaired) electrons. The standard InChI is InChI=1S/C18H18FN3O3/c1-11-15(12(2)22(3)21-11)10-20-18(23)16-7-8-17(25-16)24-14-6-4-5-13(19)9-14/h4-9H,10H2,1-3H3,(H,20,23). The van der Waals surface area contributed by atoms with Crippen LogP contribution in [-0.4, -0.2) is 15.7 Å². The summed E-state index contributed by atoms with van der Waals surface area (Å²) < 4.78 is 25.7. The van der Waals surface area contributed by atoms with E-state index in [1.165, 1.54) is 30.3 Å². The number of halogens is 1. The largest absolute Gasteiger partial charge is 0.426 e. The van der Waals surface area contributed by atoms with Crippen LogP contribution in [0.15, 0.2) is 40.8 Å². The summed E-state index contributed by atoms with van der Waals surface area (Å²) in [7, 11) is 1.86. The molecule has 0 bridgehead atoms. The van der Waals surface area contributed by atoms with Gasteiger partial charge in [-0.15, -0.1) is 0 Å². The van der Waals surface area contributed by atoms with Crippen molar-refractivity contribution in [1.29, 1.82) is 0 Å². The van der Waals surface area contributed by atoms with E-state index in [9.17, 15) is 9.18 Å². The van der Waals surface area contributed by atoms with Gasteiger partial charge in [-0.2, -0.15) is 5.10 Å². The lowest BCUT2D eigenvalue weighted by Gasteiger charge is -2.04. The molecule has 1 amide bonds. The summed E-state index contributed by atoms with van der Waals surface area (Å²) in [5, 5.41) is 7.11. The van der Waals surface area contributed by atoms with Gasteiger partial charge in [-0.1, -0.05) is 6.07 Å². The van der Waals surface area contributed by atoms with E-state index >= 15 is 0 Å². The van der Waals surface area contributed by atoms with Crippen LogP contribution in [0, 0.1) is 19.7 Å². The van der Waals surface area contributed by atoms with E-state index in [0.717, 1.165) is 17.0 Å². The minimum Gasteiger partial charge on any atom is -0.426 e. The Morgan fingerprint density at radius 1 is 1.32 bits per heavy atom. The second kappa shape index (κ2) is 6.80. The third kappa shape index (κ3) is 3.71. The summed E-state index contributed by atoms with van der Waals surface area (Å²) in [4.78, 5) is 12.2. The van der Waals surface area contributed by atoms with Crippen LogP contribution in [0.1, 0.15) is 27.5 Å². The van der Waals surface area contributed by atoms with Crippen molar-refractivity contribution in [3.63, 3.8) is 0 Å². The third-order valence-electron chi connectivity index (χ3n) is 3.90. The molecule has 1 aromatic carbocycles. The fourth-order valence-electron chi connectivity index (χ4n) is 2.47. The summed E-state index contributed by atoms with van der Waals surface area (Å²) >= 11 is 0. The lowest BCUT2D eigenvalue weighted by molar-refractivity contribution is 0.0918. The fourth-order valence-corrected chi connectivity index (χ4v) is 2.47. The van der Waals surface area contributed by atoms with Crippen LogP contribution in [0.5, 0.6) is 11.7 Å². The lowest BCUT2D eigenvalue weighted by atomic mass is 10.2. The van der Waals surface area contributed by atoms with Crippen LogP contribution < -0.4 is 10.1 Å². The molecule has 3 aromatic rings. The Morgan fingerprint density at radius 2 is 2.12 bits per heavy atom. The topological polar surface area (TPSA) is 69.3 Å². The molecule has 0 saturated heterocycles. The van der Waals surface area contributed by atoms with Crippen molar-refractivity contribution in [2.75, 3.05) is 0 Å². The van der Waals surface area contributed by atoms with E-state index in [4.69, 9.17) is 9.15 Å². The molecule has 0 aliphatic rings. The van der Waals surface area contributed by atoms with Crippen LogP contribution in [0.4, 0.5) is 4.39 Å². The van der Waals surface area contributed by atoms with E-state index in [-0.39, 0.29) is 17.6 Å². The van der Waals surface area contributed by atoms with Crippen molar-refractivity contribution in [3.8, 4) is 11.7 Å². The zero-order valence-electron chi connectivity index (χ0n) is 14.2. The van der Waals surface area contributed by atoms with Gasteiger partial charge in [-0.05, 0) is 32.0 Å². The molecule has 130 valence electrons. The Hall–Kier alpha value is -3.09. The molecule has 2 aromatic heterocycles. The quantitative estimate of drug-likeness (QED) is 0.770. The van der Waals surface area contributed by atoms with E-state index in [0.29, 0.717) is 12.3 Å². The Balaban J connectivity index is 1.64. The van der Waals surface area contributed by atoms with Gasteiger partial charge in [0.2, 0.25) is 0 Å². The molecule has 2 heterocycles. The summed E-state index contributed by atoms with van der Waals surface area (Å²) in [5.41, 5.74) is 2.83. The average Bonchev–Trinajstić information content (AvgIpc) is 3.11. The van der Waals surface area contributed by atoms with Crippen molar-refractivity contribution >= 4 is 5.91 Å². The van der Waals surface area contributed by atoms with Gasteiger partial charge in [0.15, 0.2) is 5.76 Å². The highest BCUT2D eigenvalue weighted by Gasteiger charge is 2.15. The Morgan fingerprint density at radius 3 is 2.80 bits per heavy atom. The first-order valence-corrected chi connectivity index (χ1v) is 7.74. The molecular formula is C18H18FN3O3. The first-order chi connectivity index (χ1) is 11.9. The van der Waals surface area contributed by atoms with E-state index < -0.39 is 5.82 Å². The third-order valence-corrected chi connectivity index (χ3v) is 3.90. The minimum atomic E-state index is -0.413. The molecule has 3 rings (SSSR count). The zero-order valence-corrected chi connectivity index (χ0v) is 14.2. The molecule has 0 spiro atoms. The number of aromatic nitrogens is 2. The molecule has 0 fully saturated rings. The maximum atomic E-state index is 13.2. The van der Waals surface area contributed by atoms with Crippen molar-refractivity contribution in [2.24, 2.45) is 7.05 Å².